The van der Waals surface area contributed by atoms with Crippen molar-refractivity contribution in [2.75, 3.05) is 0 Å². The van der Waals surface area contributed by atoms with Crippen molar-refractivity contribution in [2.24, 2.45) is 0 Å². The average Bonchev–Trinajstić information content (AvgIpc) is 2.44. The fourth-order valence-electron chi connectivity index (χ4n) is 2.09. The lowest BCUT2D eigenvalue weighted by Gasteiger charge is -2.17. The van der Waals surface area contributed by atoms with Crippen LogP contribution < -0.4 is 4.74 Å². The molecule has 0 aromatic heterocycles. The van der Waals surface area contributed by atoms with E-state index < -0.39 is 12.1 Å². The Hall–Kier alpha value is -2.00. The smallest absolute Gasteiger partial charge is 0.345 e. The largest absolute Gasteiger partial charge is 0.478 e. The lowest BCUT2D eigenvalue weighted by atomic mass is 10.00. The van der Waals surface area contributed by atoms with Gasteiger partial charge in [0.25, 0.3) is 0 Å². The van der Waals surface area contributed by atoms with Crippen LogP contribution in [0.2, 0.25) is 5.02 Å². The standard InChI is InChI=1S/C17H17ClO3/c1-11-7-8-12(2)13(9-11)10-16(17(19)20)21-15-6-4-3-5-14(15)18/h3-9,16H,10H2,1-2H3,(H,19,20). The molecule has 2 rings (SSSR count). The van der Waals surface area contributed by atoms with Crippen LogP contribution >= 0.6 is 11.6 Å². The molecule has 0 fully saturated rings. The molecule has 4 heteroatoms. The van der Waals surface area contributed by atoms with Crippen LogP contribution in [0.4, 0.5) is 0 Å². The molecule has 0 amide bonds. The van der Waals surface area contributed by atoms with E-state index in [1.807, 2.05) is 32.0 Å². The second-order valence-electron chi connectivity index (χ2n) is 5.01. The van der Waals surface area contributed by atoms with E-state index in [9.17, 15) is 9.90 Å². The van der Waals surface area contributed by atoms with Crippen molar-refractivity contribution in [1.29, 1.82) is 0 Å². The number of carboxylic acid groups (broad SMARTS) is 1. The minimum atomic E-state index is -1.00. The molecule has 0 spiro atoms. The van der Waals surface area contributed by atoms with Crippen molar-refractivity contribution in [3.63, 3.8) is 0 Å². The Balaban J connectivity index is 2.22. The zero-order chi connectivity index (χ0) is 15.4. The summed E-state index contributed by atoms with van der Waals surface area (Å²) >= 11 is 6.01. The van der Waals surface area contributed by atoms with Crippen molar-refractivity contribution in [2.45, 2.75) is 26.4 Å². The highest BCUT2D eigenvalue weighted by Crippen LogP contribution is 2.25. The predicted molar refractivity (Wildman–Crippen MR) is 83.1 cm³/mol. The Bertz CT molecular complexity index is 652. The van der Waals surface area contributed by atoms with E-state index in [1.54, 1.807) is 24.3 Å². The number of para-hydroxylation sites is 1. The van der Waals surface area contributed by atoms with Gasteiger partial charge in [0, 0.05) is 6.42 Å². The predicted octanol–water partition coefficient (Wildman–Crippen LogP) is 4.03. The van der Waals surface area contributed by atoms with Crippen LogP contribution in [0.15, 0.2) is 42.5 Å². The van der Waals surface area contributed by atoms with Crippen LogP contribution in [0.5, 0.6) is 5.75 Å². The minimum absolute atomic E-state index is 0.300. The van der Waals surface area contributed by atoms with Gasteiger partial charge in [-0.25, -0.2) is 4.79 Å². The molecular weight excluding hydrogens is 288 g/mol. The van der Waals surface area contributed by atoms with Crippen molar-refractivity contribution in [1.82, 2.24) is 0 Å². The van der Waals surface area contributed by atoms with E-state index in [2.05, 4.69) is 0 Å². The Morgan fingerprint density at radius 2 is 1.95 bits per heavy atom. The second-order valence-corrected chi connectivity index (χ2v) is 5.42. The van der Waals surface area contributed by atoms with Gasteiger partial charge in [-0.1, -0.05) is 47.5 Å². The van der Waals surface area contributed by atoms with Crippen LogP contribution in [-0.4, -0.2) is 17.2 Å². The molecule has 0 heterocycles. The molecule has 0 aliphatic carbocycles. The number of carboxylic acids is 1. The summed E-state index contributed by atoms with van der Waals surface area (Å²) in [6.07, 6.45) is -0.668. The number of rotatable bonds is 5. The quantitative estimate of drug-likeness (QED) is 0.907. The van der Waals surface area contributed by atoms with E-state index in [1.165, 1.54) is 0 Å². The molecule has 2 aromatic carbocycles. The van der Waals surface area contributed by atoms with Gasteiger partial charge in [-0.2, -0.15) is 0 Å². The monoisotopic (exact) mass is 304 g/mol. The number of carbonyl (C=O) groups is 1. The minimum Gasteiger partial charge on any atom is -0.478 e. The normalized spacial score (nSPS) is 12.0. The van der Waals surface area contributed by atoms with Crippen molar-refractivity contribution >= 4 is 17.6 Å². The molecule has 1 unspecified atom stereocenters. The maximum atomic E-state index is 11.4. The maximum absolute atomic E-state index is 11.4. The Labute approximate surface area is 129 Å². The highest BCUT2D eigenvalue weighted by atomic mass is 35.5. The molecule has 0 aliphatic heterocycles. The van der Waals surface area contributed by atoms with Gasteiger partial charge in [-0.05, 0) is 37.1 Å². The van der Waals surface area contributed by atoms with Crippen LogP contribution in [0.3, 0.4) is 0 Å². The number of halogens is 1. The van der Waals surface area contributed by atoms with Crippen LogP contribution in [0.1, 0.15) is 16.7 Å². The fraction of sp³-hybridized carbons (Fsp3) is 0.235. The SMILES string of the molecule is Cc1ccc(C)c(CC(Oc2ccccc2Cl)C(=O)O)c1. The molecule has 0 radical (unpaired) electrons. The van der Waals surface area contributed by atoms with E-state index >= 15 is 0 Å². The summed E-state index contributed by atoms with van der Waals surface area (Å²) in [6.45, 7) is 3.94. The van der Waals surface area contributed by atoms with E-state index in [0.717, 1.165) is 16.7 Å². The third-order valence-electron chi connectivity index (χ3n) is 3.29. The van der Waals surface area contributed by atoms with Gasteiger partial charge < -0.3 is 9.84 Å². The summed E-state index contributed by atoms with van der Waals surface area (Å²) < 4.78 is 5.57. The molecular formula is C17H17ClO3. The molecule has 0 saturated heterocycles. The molecule has 0 bridgehead atoms. The first-order valence-electron chi connectivity index (χ1n) is 6.67. The Morgan fingerprint density at radius 3 is 2.62 bits per heavy atom. The van der Waals surface area contributed by atoms with Gasteiger partial charge >= 0.3 is 5.97 Å². The van der Waals surface area contributed by atoms with Gasteiger partial charge in [0.1, 0.15) is 5.75 Å². The number of hydrogen-bond acceptors (Lipinski definition) is 2. The highest BCUT2D eigenvalue weighted by Gasteiger charge is 2.22. The van der Waals surface area contributed by atoms with Gasteiger partial charge in [-0.15, -0.1) is 0 Å². The summed E-state index contributed by atoms with van der Waals surface area (Å²) in [5.74, 6) is -0.618. The van der Waals surface area contributed by atoms with Crippen LogP contribution in [0, 0.1) is 13.8 Å². The summed E-state index contributed by atoms with van der Waals surface area (Å²) in [6, 6.07) is 12.9. The molecule has 2 aromatic rings. The number of benzene rings is 2. The first-order valence-corrected chi connectivity index (χ1v) is 7.05. The van der Waals surface area contributed by atoms with Gasteiger partial charge in [-0.3, -0.25) is 0 Å². The van der Waals surface area contributed by atoms with E-state index in [-0.39, 0.29) is 0 Å². The lowest BCUT2D eigenvalue weighted by molar-refractivity contribution is -0.145. The van der Waals surface area contributed by atoms with Crippen molar-refractivity contribution < 1.29 is 14.6 Å². The maximum Gasteiger partial charge on any atom is 0.345 e. The molecule has 0 saturated carbocycles. The number of aryl methyl sites for hydroxylation is 2. The number of aliphatic carboxylic acids is 1. The first-order chi connectivity index (χ1) is 9.97. The van der Waals surface area contributed by atoms with Gasteiger partial charge in [0.2, 0.25) is 0 Å². The topological polar surface area (TPSA) is 46.5 Å². The average molecular weight is 305 g/mol. The summed E-state index contributed by atoms with van der Waals surface area (Å²) in [5.41, 5.74) is 3.11. The third-order valence-corrected chi connectivity index (χ3v) is 3.60. The van der Waals surface area contributed by atoms with E-state index in [0.29, 0.717) is 17.2 Å². The highest BCUT2D eigenvalue weighted by molar-refractivity contribution is 6.32. The molecule has 110 valence electrons. The Morgan fingerprint density at radius 1 is 1.24 bits per heavy atom. The second kappa shape index (κ2) is 6.64. The van der Waals surface area contributed by atoms with Crippen LogP contribution in [-0.2, 0) is 11.2 Å². The van der Waals surface area contributed by atoms with Crippen molar-refractivity contribution in [3.8, 4) is 5.75 Å². The number of hydrogen-bond donors (Lipinski definition) is 1. The third kappa shape index (κ3) is 3.99. The lowest BCUT2D eigenvalue weighted by Crippen LogP contribution is -2.29. The summed E-state index contributed by atoms with van der Waals surface area (Å²) in [7, 11) is 0. The fourth-order valence-corrected chi connectivity index (χ4v) is 2.27. The van der Waals surface area contributed by atoms with Crippen molar-refractivity contribution in [3.05, 3.63) is 64.2 Å². The molecule has 21 heavy (non-hydrogen) atoms. The van der Waals surface area contributed by atoms with E-state index in [4.69, 9.17) is 16.3 Å². The number of ether oxygens (including phenoxy) is 1. The van der Waals surface area contributed by atoms with Gasteiger partial charge in [0.15, 0.2) is 6.10 Å². The molecule has 1 atom stereocenters. The molecule has 3 nitrogen and oxygen atoms in total. The van der Waals surface area contributed by atoms with Gasteiger partial charge in [0.05, 0.1) is 5.02 Å². The zero-order valence-corrected chi connectivity index (χ0v) is 12.7. The first kappa shape index (κ1) is 15.4. The zero-order valence-electron chi connectivity index (χ0n) is 12.0. The van der Waals surface area contributed by atoms with Crippen LogP contribution in [0.25, 0.3) is 0 Å². The summed E-state index contributed by atoms with van der Waals surface area (Å²) in [4.78, 5) is 11.4. The Kier molecular flexibility index (Phi) is 4.86. The molecule has 0 aliphatic rings. The molecule has 1 N–H and O–H groups in total. The summed E-state index contributed by atoms with van der Waals surface area (Å²) in [5, 5.41) is 9.79.